The Balaban J connectivity index is 1.37. The number of fused-ring (bicyclic) bond motifs is 6. The molecule has 0 radical (unpaired) electrons. The Labute approximate surface area is 210 Å². The van der Waals surface area contributed by atoms with Gasteiger partial charge in [-0.05, 0) is 42.8 Å². The molecule has 3 aliphatic heterocycles. The lowest BCUT2D eigenvalue weighted by atomic mass is 9.65. The first-order chi connectivity index (χ1) is 17.5. The van der Waals surface area contributed by atoms with Crippen molar-refractivity contribution in [2.45, 2.75) is 50.2 Å². The van der Waals surface area contributed by atoms with Crippen LogP contribution in [-0.4, -0.2) is 29.6 Å². The SMILES string of the molecule is CCCC12CCC(CCOc3ccccc3)(O1)C1C(=O)N(c3ccc4ccccc4c3C#N)C(=O)C12. The lowest BCUT2D eigenvalue weighted by Gasteiger charge is -2.31. The minimum Gasteiger partial charge on any atom is -0.493 e. The first-order valence-corrected chi connectivity index (χ1v) is 12.7. The van der Waals surface area contributed by atoms with Crippen molar-refractivity contribution < 1.29 is 19.1 Å². The number of nitriles is 1. The number of ether oxygens (including phenoxy) is 2. The number of imide groups is 1. The maximum atomic E-state index is 14.1. The molecule has 6 heteroatoms. The quantitative estimate of drug-likeness (QED) is 0.424. The summed E-state index contributed by atoms with van der Waals surface area (Å²) in [4.78, 5) is 29.3. The summed E-state index contributed by atoms with van der Waals surface area (Å²) < 4.78 is 12.7. The van der Waals surface area contributed by atoms with Crippen molar-refractivity contribution in [1.82, 2.24) is 0 Å². The minimum absolute atomic E-state index is 0.240. The predicted molar refractivity (Wildman–Crippen MR) is 135 cm³/mol. The van der Waals surface area contributed by atoms with E-state index in [1.54, 1.807) is 6.07 Å². The molecule has 3 aromatic carbocycles. The van der Waals surface area contributed by atoms with E-state index < -0.39 is 23.0 Å². The number of hydrogen-bond acceptors (Lipinski definition) is 5. The number of benzene rings is 3. The van der Waals surface area contributed by atoms with Crippen molar-refractivity contribution in [3.63, 3.8) is 0 Å². The Morgan fingerprint density at radius 3 is 2.31 bits per heavy atom. The molecule has 4 atom stereocenters. The van der Waals surface area contributed by atoms with Crippen LogP contribution in [0.2, 0.25) is 0 Å². The average molecular weight is 481 g/mol. The van der Waals surface area contributed by atoms with Gasteiger partial charge in [0.15, 0.2) is 0 Å². The normalized spacial score (nSPS) is 28.5. The number of amides is 2. The van der Waals surface area contributed by atoms with Crippen LogP contribution < -0.4 is 9.64 Å². The van der Waals surface area contributed by atoms with Crippen LogP contribution in [0.25, 0.3) is 10.8 Å². The van der Waals surface area contributed by atoms with Crippen molar-refractivity contribution in [3.05, 3.63) is 72.3 Å². The number of para-hydroxylation sites is 1. The van der Waals surface area contributed by atoms with Crippen LogP contribution in [0.4, 0.5) is 5.69 Å². The Bertz CT molecular complexity index is 1400. The highest BCUT2D eigenvalue weighted by molar-refractivity contribution is 6.24. The van der Waals surface area contributed by atoms with Crippen LogP contribution in [0.5, 0.6) is 5.75 Å². The topological polar surface area (TPSA) is 79.6 Å². The molecule has 2 amide bonds. The zero-order chi connectivity index (χ0) is 24.9. The molecule has 36 heavy (non-hydrogen) atoms. The second-order valence-corrected chi connectivity index (χ2v) is 10.2. The van der Waals surface area contributed by atoms with Gasteiger partial charge in [-0.15, -0.1) is 0 Å². The molecule has 6 rings (SSSR count). The molecule has 0 saturated carbocycles. The fraction of sp³-hybridized carbons (Fsp3) is 0.367. The van der Waals surface area contributed by atoms with Crippen LogP contribution in [0.15, 0.2) is 66.7 Å². The smallest absolute Gasteiger partial charge is 0.240 e. The highest BCUT2D eigenvalue weighted by atomic mass is 16.5. The zero-order valence-electron chi connectivity index (χ0n) is 20.3. The summed E-state index contributed by atoms with van der Waals surface area (Å²) in [5.74, 6) is -0.826. The molecular formula is C30H28N2O4. The van der Waals surface area contributed by atoms with E-state index in [1.807, 2.05) is 60.7 Å². The van der Waals surface area contributed by atoms with Crippen molar-refractivity contribution in [2.75, 3.05) is 11.5 Å². The van der Waals surface area contributed by atoms with E-state index in [-0.39, 0.29) is 11.8 Å². The van der Waals surface area contributed by atoms with Gasteiger partial charge in [-0.2, -0.15) is 5.26 Å². The summed E-state index contributed by atoms with van der Waals surface area (Å²) in [7, 11) is 0. The number of hydrogen-bond donors (Lipinski definition) is 0. The fourth-order valence-corrected chi connectivity index (χ4v) is 6.84. The van der Waals surface area contributed by atoms with Gasteiger partial charge in [0.2, 0.25) is 11.8 Å². The van der Waals surface area contributed by atoms with E-state index in [0.717, 1.165) is 42.2 Å². The van der Waals surface area contributed by atoms with E-state index in [4.69, 9.17) is 9.47 Å². The number of nitrogens with zero attached hydrogens (tertiary/aromatic N) is 2. The molecule has 3 aromatic rings. The summed E-state index contributed by atoms with van der Waals surface area (Å²) in [6, 6.07) is 23.0. The summed E-state index contributed by atoms with van der Waals surface area (Å²) in [6.07, 6.45) is 3.60. The molecule has 4 unspecified atom stereocenters. The fourth-order valence-electron chi connectivity index (χ4n) is 6.84. The number of carbonyl (C=O) groups is 2. The predicted octanol–water partition coefficient (Wildman–Crippen LogP) is 5.39. The monoisotopic (exact) mass is 480 g/mol. The van der Waals surface area contributed by atoms with Crippen LogP contribution >= 0.6 is 0 Å². The summed E-state index contributed by atoms with van der Waals surface area (Å²) in [5, 5.41) is 11.7. The molecule has 3 fully saturated rings. The Morgan fingerprint density at radius 1 is 0.944 bits per heavy atom. The highest BCUT2D eigenvalue weighted by Crippen LogP contribution is 2.64. The molecule has 3 aliphatic rings. The van der Waals surface area contributed by atoms with E-state index in [2.05, 4.69) is 13.0 Å². The van der Waals surface area contributed by atoms with Gasteiger partial charge in [0, 0.05) is 11.8 Å². The third kappa shape index (κ3) is 3.19. The lowest BCUT2D eigenvalue weighted by molar-refractivity contribution is -0.132. The Hall–Kier alpha value is -3.69. The van der Waals surface area contributed by atoms with Crippen LogP contribution in [-0.2, 0) is 14.3 Å². The van der Waals surface area contributed by atoms with E-state index in [1.165, 1.54) is 4.90 Å². The third-order valence-corrected chi connectivity index (χ3v) is 8.29. The molecule has 0 spiro atoms. The molecule has 182 valence electrons. The van der Waals surface area contributed by atoms with Gasteiger partial charge in [0.05, 0.1) is 40.9 Å². The molecule has 3 saturated heterocycles. The number of anilines is 1. The molecule has 2 bridgehead atoms. The molecule has 3 heterocycles. The second-order valence-electron chi connectivity index (χ2n) is 10.2. The zero-order valence-corrected chi connectivity index (χ0v) is 20.3. The van der Waals surface area contributed by atoms with Crippen LogP contribution in [0.3, 0.4) is 0 Å². The molecule has 0 aliphatic carbocycles. The highest BCUT2D eigenvalue weighted by Gasteiger charge is 2.75. The molecule has 0 N–H and O–H groups in total. The van der Waals surface area contributed by atoms with E-state index in [0.29, 0.717) is 24.3 Å². The van der Waals surface area contributed by atoms with Gasteiger partial charge >= 0.3 is 0 Å². The first kappa shape index (κ1) is 22.8. The van der Waals surface area contributed by atoms with Gasteiger partial charge in [0.1, 0.15) is 11.8 Å². The molecular weight excluding hydrogens is 452 g/mol. The van der Waals surface area contributed by atoms with Gasteiger partial charge < -0.3 is 9.47 Å². The lowest BCUT2D eigenvalue weighted by Crippen LogP contribution is -2.43. The molecule has 0 aromatic heterocycles. The summed E-state index contributed by atoms with van der Waals surface area (Å²) >= 11 is 0. The molecule has 6 nitrogen and oxygen atoms in total. The largest absolute Gasteiger partial charge is 0.493 e. The Kier molecular flexibility index (Phi) is 5.35. The van der Waals surface area contributed by atoms with Gasteiger partial charge in [0.25, 0.3) is 0 Å². The third-order valence-electron chi connectivity index (χ3n) is 8.29. The van der Waals surface area contributed by atoms with Crippen LogP contribution in [0, 0.1) is 23.2 Å². The van der Waals surface area contributed by atoms with Crippen molar-refractivity contribution in [2.24, 2.45) is 11.8 Å². The van der Waals surface area contributed by atoms with Crippen molar-refractivity contribution in [1.29, 1.82) is 5.26 Å². The number of carbonyl (C=O) groups excluding carboxylic acids is 2. The van der Waals surface area contributed by atoms with Crippen molar-refractivity contribution >= 4 is 28.3 Å². The van der Waals surface area contributed by atoms with Gasteiger partial charge in [-0.3, -0.25) is 9.59 Å². The van der Waals surface area contributed by atoms with Crippen molar-refractivity contribution in [3.8, 4) is 11.8 Å². The second kappa shape index (κ2) is 8.46. The van der Waals surface area contributed by atoms with Gasteiger partial charge in [-0.1, -0.05) is 61.9 Å². The summed E-state index contributed by atoms with van der Waals surface area (Å²) in [6.45, 7) is 2.48. The first-order valence-electron chi connectivity index (χ1n) is 12.7. The number of rotatable bonds is 7. The maximum Gasteiger partial charge on any atom is 0.240 e. The van der Waals surface area contributed by atoms with Gasteiger partial charge in [-0.25, -0.2) is 4.90 Å². The standard InChI is InChI=1S/C30H28N2O4/c1-2-14-29-15-16-30(36-29,17-18-35-21-9-4-3-5-10-21)26-25(29)27(33)32(28(26)34)24-13-12-20-8-6-7-11-22(20)23(24)19-31/h3-13,25-26H,2,14-18H2,1H3. The summed E-state index contributed by atoms with van der Waals surface area (Å²) in [5.41, 5.74) is -0.645. The van der Waals surface area contributed by atoms with E-state index in [9.17, 15) is 14.9 Å². The minimum atomic E-state index is -0.736. The van der Waals surface area contributed by atoms with Crippen LogP contribution in [0.1, 0.15) is 44.6 Å². The average Bonchev–Trinajstić information content (AvgIpc) is 3.50. The van der Waals surface area contributed by atoms with E-state index >= 15 is 0 Å². The Morgan fingerprint density at radius 2 is 1.61 bits per heavy atom. The maximum absolute atomic E-state index is 14.1.